The molecule has 74 valence electrons. The highest BCUT2D eigenvalue weighted by Gasteiger charge is 2.38. The lowest BCUT2D eigenvalue weighted by Gasteiger charge is -2.21. The van der Waals surface area contributed by atoms with Gasteiger partial charge >= 0.3 is 12.1 Å². The van der Waals surface area contributed by atoms with Gasteiger partial charge in [0.05, 0.1) is 13.0 Å². The molecule has 0 aliphatic carbocycles. The van der Waals surface area contributed by atoms with Crippen molar-refractivity contribution in [2.75, 3.05) is 13.7 Å². The molecule has 0 aromatic rings. The molecule has 1 aliphatic heterocycles. The maximum Gasteiger partial charge on any atom is 0.409 e. The predicted octanol–water partition coefficient (Wildman–Crippen LogP) is 0.548. The Morgan fingerprint density at radius 3 is 2.54 bits per heavy atom. The van der Waals surface area contributed by atoms with Crippen molar-refractivity contribution in [2.45, 2.75) is 19.4 Å². The first-order valence-electron chi connectivity index (χ1n) is 4.15. The lowest BCUT2D eigenvalue weighted by Crippen LogP contribution is -2.37. The fourth-order valence-corrected chi connectivity index (χ4v) is 1.64. The molecular weight excluding hydrogens is 174 g/mol. The third-order valence-electron chi connectivity index (χ3n) is 2.48. The van der Waals surface area contributed by atoms with Crippen molar-refractivity contribution in [3.8, 4) is 0 Å². The number of carboxylic acids is 1. The van der Waals surface area contributed by atoms with Crippen molar-refractivity contribution in [2.24, 2.45) is 5.92 Å². The smallest absolute Gasteiger partial charge is 0.409 e. The summed E-state index contributed by atoms with van der Waals surface area (Å²) in [5, 5.41) is 8.78. The SMILES string of the molecule is COC(=O)N1CCC(C(=O)O)C1C. The summed E-state index contributed by atoms with van der Waals surface area (Å²) in [6, 6.07) is -0.273. The van der Waals surface area contributed by atoms with E-state index in [0.717, 1.165) is 0 Å². The standard InChI is InChI=1S/C8H13NO4/c1-5-6(7(10)11)3-4-9(5)8(12)13-2/h5-6H,3-4H2,1-2H3,(H,10,11). The molecule has 0 saturated carbocycles. The lowest BCUT2D eigenvalue weighted by atomic mass is 10.0. The number of carboxylic acid groups (broad SMARTS) is 1. The van der Waals surface area contributed by atoms with E-state index in [4.69, 9.17) is 5.11 Å². The topological polar surface area (TPSA) is 66.8 Å². The highest BCUT2D eigenvalue weighted by atomic mass is 16.5. The third-order valence-corrected chi connectivity index (χ3v) is 2.48. The molecule has 2 unspecified atom stereocenters. The molecule has 5 nitrogen and oxygen atoms in total. The van der Waals surface area contributed by atoms with Crippen LogP contribution < -0.4 is 0 Å². The summed E-state index contributed by atoms with van der Waals surface area (Å²) in [5.41, 5.74) is 0. The average molecular weight is 187 g/mol. The molecule has 1 aliphatic rings. The van der Waals surface area contributed by atoms with E-state index in [1.165, 1.54) is 12.0 Å². The van der Waals surface area contributed by atoms with Gasteiger partial charge in [0.2, 0.25) is 0 Å². The Morgan fingerprint density at radius 1 is 1.54 bits per heavy atom. The largest absolute Gasteiger partial charge is 0.481 e. The zero-order valence-corrected chi connectivity index (χ0v) is 7.69. The van der Waals surface area contributed by atoms with Gasteiger partial charge in [-0.25, -0.2) is 4.79 Å². The molecular formula is C8H13NO4. The summed E-state index contributed by atoms with van der Waals surface area (Å²) < 4.78 is 4.53. The maximum atomic E-state index is 11.1. The van der Waals surface area contributed by atoms with Crippen LogP contribution in [-0.2, 0) is 9.53 Å². The van der Waals surface area contributed by atoms with Gasteiger partial charge in [-0.1, -0.05) is 0 Å². The van der Waals surface area contributed by atoms with E-state index in [9.17, 15) is 9.59 Å². The van der Waals surface area contributed by atoms with Gasteiger partial charge in [0.15, 0.2) is 0 Å². The number of carbonyl (C=O) groups excluding carboxylic acids is 1. The second-order valence-corrected chi connectivity index (χ2v) is 3.14. The van der Waals surface area contributed by atoms with Crippen LogP contribution in [0.5, 0.6) is 0 Å². The van der Waals surface area contributed by atoms with Crippen molar-refractivity contribution in [3.63, 3.8) is 0 Å². The molecule has 1 rings (SSSR count). The highest BCUT2D eigenvalue weighted by molar-refractivity contribution is 5.74. The van der Waals surface area contributed by atoms with Gasteiger partial charge in [-0.2, -0.15) is 0 Å². The molecule has 13 heavy (non-hydrogen) atoms. The quantitative estimate of drug-likeness (QED) is 0.650. The molecule has 5 heteroatoms. The molecule has 0 bridgehead atoms. The van der Waals surface area contributed by atoms with Crippen LogP contribution in [0.25, 0.3) is 0 Å². The summed E-state index contributed by atoms with van der Waals surface area (Å²) in [6.45, 7) is 2.19. The number of amides is 1. The average Bonchev–Trinajstić information content (AvgIpc) is 2.46. The number of rotatable bonds is 1. The van der Waals surface area contributed by atoms with E-state index in [-0.39, 0.29) is 6.04 Å². The third kappa shape index (κ3) is 1.74. The number of aliphatic carboxylic acids is 1. The van der Waals surface area contributed by atoms with Crippen LogP contribution in [0.15, 0.2) is 0 Å². The van der Waals surface area contributed by atoms with E-state index >= 15 is 0 Å². The van der Waals surface area contributed by atoms with Crippen molar-refractivity contribution >= 4 is 12.1 Å². The number of ether oxygens (including phenoxy) is 1. The van der Waals surface area contributed by atoms with Crippen LogP contribution in [0.3, 0.4) is 0 Å². The van der Waals surface area contributed by atoms with E-state index in [0.29, 0.717) is 13.0 Å². The van der Waals surface area contributed by atoms with Crippen LogP contribution in [0.1, 0.15) is 13.3 Å². The van der Waals surface area contributed by atoms with Gasteiger partial charge in [0.25, 0.3) is 0 Å². The van der Waals surface area contributed by atoms with Crippen LogP contribution in [0, 0.1) is 5.92 Å². The minimum absolute atomic E-state index is 0.273. The molecule has 1 saturated heterocycles. The molecule has 0 radical (unpaired) electrons. The highest BCUT2D eigenvalue weighted by Crippen LogP contribution is 2.24. The first-order chi connectivity index (χ1) is 6.07. The maximum absolute atomic E-state index is 11.1. The van der Waals surface area contributed by atoms with Gasteiger partial charge in [0, 0.05) is 12.6 Å². The van der Waals surface area contributed by atoms with Crippen molar-refractivity contribution < 1.29 is 19.4 Å². The van der Waals surface area contributed by atoms with Crippen LogP contribution in [-0.4, -0.2) is 41.8 Å². The normalized spacial score (nSPS) is 27.4. The number of nitrogens with zero attached hydrogens (tertiary/aromatic N) is 1. The molecule has 1 heterocycles. The Labute approximate surface area is 76.3 Å². The minimum atomic E-state index is -0.848. The summed E-state index contributed by atoms with van der Waals surface area (Å²) in [6.07, 6.45) is 0.0576. The first kappa shape index (κ1) is 9.83. The van der Waals surface area contributed by atoms with Crippen molar-refractivity contribution in [1.82, 2.24) is 4.90 Å². The summed E-state index contributed by atoms with van der Waals surface area (Å²) in [4.78, 5) is 23.2. The van der Waals surface area contributed by atoms with Crippen molar-refractivity contribution in [3.05, 3.63) is 0 Å². The minimum Gasteiger partial charge on any atom is -0.481 e. The molecule has 1 N–H and O–H groups in total. The van der Waals surface area contributed by atoms with E-state index < -0.39 is 18.0 Å². The second-order valence-electron chi connectivity index (χ2n) is 3.14. The van der Waals surface area contributed by atoms with Gasteiger partial charge in [-0.15, -0.1) is 0 Å². The molecule has 2 atom stereocenters. The van der Waals surface area contributed by atoms with E-state index in [1.807, 2.05) is 0 Å². The van der Waals surface area contributed by atoms with Gasteiger partial charge in [0.1, 0.15) is 0 Å². The zero-order valence-electron chi connectivity index (χ0n) is 7.69. The Hall–Kier alpha value is -1.26. The second kappa shape index (κ2) is 3.64. The fraction of sp³-hybridized carbons (Fsp3) is 0.750. The van der Waals surface area contributed by atoms with E-state index in [2.05, 4.69) is 4.74 Å². The fourth-order valence-electron chi connectivity index (χ4n) is 1.64. The number of hydrogen-bond acceptors (Lipinski definition) is 3. The predicted molar refractivity (Wildman–Crippen MR) is 44.3 cm³/mol. The Balaban J connectivity index is 2.65. The van der Waals surface area contributed by atoms with Crippen LogP contribution >= 0.6 is 0 Å². The summed E-state index contributed by atoms with van der Waals surface area (Å²) in [5.74, 6) is -1.31. The van der Waals surface area contributed by atoms with Gasteiger partial charge in [-0.05, 0) is 13.3 Å². The Kier molecular flexibility index (Phi) is 2.75. The van der Waals surface area contributed by atoms with Crippen molar-refractivity contribution in [1.29, 1.82) is 0 Å². The first-order valence-corrected chi connectivity index (χ1v) is 4.15. The number of hydrogen-bond donors (Lipinski definition) is 1. The molecule has 1 amide bonds. The molecule has 0 aromatic carbocycles. The lowest BCUT2D eigenvalue weighted by molar-refractivity contribution is -0.142. The summed E-state index contributed by atoms with van der Waals surface area (Å²) in [7, 11) is 1.29. The monoisotopic (exact) mass is 187 g/mol. The zero-order chi connectivity index (χ0) is 10.0. The number of carbonyl (C=O) groups is 2. The number of methoxy groups -OCH3 is 1. The summed E-state index contributed by atoms with van der Waals surface area (Å²) >= 11 is 0. The van der Waals surface area contributed by atoms with Crippen LogP contribution in [0.2, 0.25) is 0 Å². The number of likely N-dealkylation sites (tertiary alicyclic amines) is 1. The van der Waals surface area contributed by atoms with Gasteiger partial charge < -0.3 is 14.7 Å². The van der Waals surface area contributed by atoms with Crippen LogP contribution in [0.4, 0.5) is 4.79 Å². The van der Waals surface area contributed by atoms with Gasteiger partial charge in [-0.3, -0.25) is 4.79 Å². The molecule has 1 fully saturated rings. The molecule has 0 aromatic heterocycles. The Bertz CT molecular complexity index is 228. The van der Waals surface area contributed by atoms with E-state index in [1.54, 1.807) is 6.92 Å². The Morgan fingerprint density at radius 2 is 2.15 bits per heavy atom. The molecule has 0 spiro atoms.